The fourth-order valence-corrected chi connectivity index (χ4v) is 14.6. The number of carbonyl (C=O) groups excluding carboxylic acids is 2. The molecule has 1 aromatic heterocycles. The van der Waals surface area contributed by atoms with Crippen molar-refractivity contribution in [2.75, 3.05) is 60.2 Å². The summed E-state index contributed by atoms with van der Waals surface area (Å²) >= 11 is 0. The number of likely N-dealkylation sites (N-methyl/N-ethyl adjacent to an activating group) is 1. The van der Waals surface area contributed by atoms with Gasteiger partial charge in [0.15, 0.2) is 15.9 Å². The number of likely N-dealkylation sites (tertiary alicyclic amines) is 1. The number of hydrogen-bond acceptors (Lipinski definition) is 12. The molecule has 1 aromatic carbocycles. The molecule has 0 radical (unpaired) electrons. The molecule has 3 N–H and O–H groups in total. The van der Waals surface area contributed by atoms with E-state index in [0.717, 1.165) is 18.8 Å². The average molecular weight is 897 g/mol. The van der Waals surface area contributed by atoms with E-state index < -0.39 is 97.6 Å². The summed E-state index contributed by atoms with van der Waals surface area (Å²) < 4.78 is 75.0. The van der Waals surface area contributed by atoms with Crippen molar-refractivity contribution in [3.63, 3.8) is 0 Å². The van der Waals surface area contributed by atoms with Gasteiger partial charge in [-0.25, -0.2) is 22.0 Å². The van der Waals surface area contributed by atoms with Crippen LogP contribution in [0.3, 0.4) is 0 Å². The maximum atomic E-state index is 15.4. The lowest BCUT2D eigenvalue weighted by Crippen LogP contribution is -2.79. The van der Waals surface area contributed by atoms with E-state index in [4.69, 9.17) is 14.2 Å². The summed E-state index contributed by atoms with van der Waals surface area (Å²) in [5, 5.41) is 24.9. The van der Waals surface area contributed by atoms with Gasteiger partial charge < -0.3 is 39.2 Å². The zero-order valence-electron chi connectivity index (χ0n) is 36.8. The number of esters is 2. The molecule has 2 aromatic rings. The number of sulfone groups is 1. The van der Waals surface area contributed by atoms with Crippen LogP contribution in [0.15, 0.2) is 58.7 Å². The lowest BCUT2D eigenvalue weighted by atomic mass is 9.47. The number of ether oxygens (including phenoxy) is 3. The predicted octanol–water partition coefficient (Wildman–Crippen LogP) is 4.08. The van der Waals surface area contributed by atoms with Gasteiger partial charge in [0.05, 0.1) is 24.2 Å². The number of allylic oxidation sites excluding steroid dienone is 1. The van der Waals surface area contributed by atoms with Crippen molar-refractivity contribution in [3.8, 4) is 0 Å². The minimum absolute atomic E-state index is 0.0655. The van der Waals surface area contributed by atoms with Gasteiger partial charge in [0, 0.05) is 105 Å². The van der Waals surface area contributed by atoms with E-state index in [1.54, 1.807) is 24.1 Å². The summed E-state index contributed by atoms with van der Waals surface area (Å²) in [6.07, 6.45) is 7.80. The number of aliphatic carboxylic acids is 1. The van der Waals surface area contributed by atoms with E-state index >= 15 is 13.6 Å². The number of carbonyl (C=O) groups is 3. The monoisotopic (exact) mass is 896 g/mol. The average Bonchev–Trinajstić information content (AvgIpc) is 3.89. The van der Waals surface area contributed by atoms with E-state index in [1.165, 1.54) is 27.2 Å². The molecule has 63 heavy (non-hydrogen) atoms. The molecule has 14 nitrogen and oxygen atoms in total. The zero-order valence-corrected chi connectivity index (χ0v) is 37.6. The second kappa shape index (κ2) is 14.7. The third-order valence-corrected chi connectivity index (χ3v) is 17.4. The molecule has 0 amide bonds. The van der Waals surface area contributed by atoms with Gasteiger partial charge in [-0.05, 0) is 86.9 Å². The van der Waals surface area contributed by atoms with Crippen LogP contribution in [0.4, 0.5) is 8.78 Å². The topological polar surface area (TPSA) is 179 Å². The number of nitrogens with one attached hydrogen (secondary N) is 1. The molecule has 3 saturated heterocycles. The van der Waals surface area contributed by atoms with Crippen LogP contribution in [0.2, 0.25) is 0 Å². The number of halogens is 2. The lowest BCUT2D eigenvalue weighted by molar-refractivity contribution is -0.241. The fraction of sp³-hybridized carbons (Fsp3) is 0.630. The van der Waals surface area contributed by atoms with Crippen LogP contribution in [0.5, 0.6) is 0 Å². The first-order valence-electron chi connectivity index (χ1n) is 21.9. The molecular formula is C46H58F2N4O10S. The maximum Gasteiger partial charge on any atom is 0.341 e. The van der Waals surface area contributed by atoms with Gasteiger partial charge in [0.1, 0.15) is 5.41 Å². The Morgan fingerprint density at radius 3 is 2.48 bits per heavy atom. The Bertz CT molecular complexity index is 2480. The van der Waals surface area contributed by atoms with E-state index in [2.05, 4.69) is 9.88 Å². The Hall–Kier alpha value is -4.16. The van der Waals surface area contributed by atoms with Gasteiger partial charge in [-0.3, -0.25) is 14.5 Å². The fourth-order valence-electron chi connectivity index (χ4n) is 14.0. The molecule has 1 spiro atoms. The Morgan fingerprint density at radius 2 is 1.84 bits per heavy atom. The zero-order chi connectivity index (χ0) is 45.4. The molecule has 7 aliphatic rings. The number of H-pyrrole nitrogens is 1. The Morgan fingerprint density at radius 1 is 1.10 bits per heavy atom. The van der Waals surface area contributed by atoms with Crippen molar-refractivity contribution < 1.29 is 56.0 Å². The molecule has 12 atom stereocenters. The first-order chi connectivity index (χ1) is 29.6. The summed E-state index contributed by atoms with van der Waals surface area (Å²) in [6, 6.07) is 3.20. The van der Waals surface area contributed by atoms with Crippen molar-refractivity contribution in [3.05, 3.63) is 65.0 Å². The van der Waals surface area contributed by atoms with Crippen LogP contribution in [0.25, 0.3) is 10.9 Å². The van der Waals surface area contributed by atoms with Crippen LogP contribution >= 0.6 is 0 Å². The lowest BCUT2D eigenvalue weighted by Gasteiger charge is -2.63. The van der Waals surface area contributed by atoms with E-state index in [-0.39, 0.29) is 24.3 Å². The summed E-state index contributed by atoms with van der Waals surface area (Å²) in [5.41, 5.74) is -3.42. The van der Waals surface area contributed by atoms with Gasteiger partial charge in [-0.2, -0.15) is 0 Å². The molecule has 5 aliphatic heterocycles. The highest BCUT2D eigenvalue weighted by molar-refractivity contribution is 7.90. The molecule has 6 heterocycles. The van der Waals surface area contributed by atoms with Crippen LogP contribution in [0.1, 0.15) is 57.7 Å². The molecule has 4 unspecified atom stereocenters. The third kappa shape index (κ3) is 6.04. The molecule has 9 rings (SSSR count). The van der Waals surface area contributed by atoms with Gasteiger partial charge in [-0.1, -0.05) is 25.2 Å². The van der Waals surface area contributed by atoms with E-state index in [0.29, 0.717) is 73.3 Å². The summed E-state index contributed by atoms with van der Waals surface area (Å²) in [6.45, 7) is 6.10. The first-order valence-corrected chi connectivity index (χ1v) is 23.8. The van der Waals surface area contributed by atoms with Gasteiger partial charge in [-0.15, -0.1) is 0 Å². The number of carboxylic acid groups (broad SMARTS) is 1. The van der Waals surface area contributed by atoms with Crippen LogP contribution < -0.4 is 0 Å². The Kier molecular flexibility index (Phi) is 10.3. The summed E-state index contributed by atoms with van der Waals surface area (Å²) in [5.74, 6) is -8.20. The van der Waals surface area contributed by atoms with E-state index in [9.17, 15) is 28.2 Å². The highest BCUT2D eigenvalue weighted by Gasteiger charge is 2.81. The largest absolute Gasteiger partial charge is 0.479 e. The van der Waals surface area contributed by atoms with E-state index in [1.807, 2.05) is 36.1 Å². The highest BCUT2D eigenvalue weighted by atomic mass is 32.2. The number of aromatic amines is 1. The number of benzene rings is 1. The molecule has 17 heteroatoms. The number of fused-ring (bicyclic) bond motifs is 6. The van der Waals surface area contributed by atoms with Crippen LogP contribution in [-0.4, -0.2) is 152 Å². The first kappa shape index (κ1) is 44.1. The predicted molar refractivity (Wildman–Crippen MR) is 227 cm³/mol. The number of carboxylic acids is 1. The minimum atomic E-state index is -3.66. The second-order valence-corrected chi connectivity index (χ2v) is 21.5. The smallest absolute Gasteiger partial charge is 0.341 e. The van der Waals surface area contributed by atoms with Crippen molar-refractivity contribution in [1.29, 1.82) is 0 Å². The van der Waals surface area contributed by atoms with Crippen molar-refractivity contribution in [2.24, 2.45) is 28.6 Å². The number of aromatic nitrogens is 1. The number of rotatable bonds is 8. The number of piperidine rings is 1. The standard InChI is InChI=1S/C46H58F2N4O10S/c1-8-43-13-9-15-52-17-14-44(37(43)52)31-20-32(35(60-5)21-34(31)50(4)38(44)46(57,40(54)55)39(43)62-25(2)53)45(41(56)61-6)22-26-18-27(42(3,47)48)24-51(23-26)16-12-29-30-19-28(63(7,58)59)10-11-33(30)49-36(29)45/h9-11,13,19-21,26-27,32,35,37-39,49,57H,8,12,14-18,22-24H2,1-7H3,(H,54,55)/t26-,27?,32?,35?,37+,38-,39-,43-,44-,45+,46+/m1/s1. The number of methoxy groups -OCH3 is 2. The van der Waals surface area contributed by atoms with Gasteiger partial charge in [0.2, 0.25) is 11.5 Å². The molecule has 2 bridgehead atoms. The number of alkyl halides is 2. The SMILES string of the molecule is CC[C@]12C=CCN3CC[C@@]4(C5=CC([C@@]6(C(=O)OC)C[C@H]7CC(C(C)(F)F)CN(CCc8c6[nH]c6ccc(S(C)(=O)=O)cc86)C7)C(OC)C=C5N(C)[C@H]4[C@@](O)(C(=O)O)[C@@H]1OC(C)=O)[C@@H]32. The Balaban J connectivity index is 1.34. The van der Waals surface area contributed by atoms with Crippen LogP contribution in [0, 0.1) is 28.6 Å². The molecule has 2 aliphatic carbocycles. The second-order valence-electron chi connectivity index (χ2n) is 19.4. The quantitative estimate of drug-likeness (QED) is 0.255. The van der Waals surface area contributed by atoms with Crippen molar-refractivity contribution >= 4 is 38.6 Å². The number of aliphatic hydroxyl groups is 1. The summed E-state index contributed by atoms with van der Waals surface area (Å²) in [7, 11) is 0.895. The maximum absolute atomic E-state index is 15.4. The van der Waals surface area contributed by atoms with Gasteiger partial charge in [0.25, 0.3) is 0 Å². The third-order valence-electron chi connectivity index (χ3n) is 16.3. The van der Waals surface area contributed by atoms with Crippen LogP contribution in [-0.2, 0) is 50.3 Å². The Labute approximate surface area is 366 Å². The molecular weight excluding hydrogens is 839 g/mol. The molecule has 1 saturated carbocycles. The highest BCUT2D eigenvalue weighted by Crippen LogP contribution is 2.70. The molecule has 342 valence electrons. The normalized spacial score (nSPS) is 38.5. The van der Waals surface area contributed by atoms with Crippen molar-refractivity contribution in [1.82, 2.24) is 19.7 Å². The number of hydrogen-bond donors (Lipinski definition) is 3. The molecule has 4 fully saturated rings. The summed E-state index contributed by atoms with van der Waals surface area (Å²) in [4.78, 5) is 51.9. The minimum Gasteiger partial charge on any atom is -0.479 e. The van der Waals surface area contributed by atoms with Gasteiger partial charge >= 0.3 is 17.9 Å². The van der Waals surface area contributed by atoms with Crippen molar-refractivity contribution in [2.45, 2.75) is 99.0 Å². The number of nitrogens with zero attached hydrogens (tertiary/aromatic N) is 3.